The van der Waals surface area contributed by atoms with Crippen LogP contribution in [0.15, 0.2) is 42.5 Å². The van der Waals surface area contributed by atoms with Gasteiger partial charge in [0.25, 0.3) is 0 Å². The number of nitriles is 1. The fourth-order valence-electron chi connectivity index (χ4n) is 2.35. The number of alkyl halides is 1. The third kappa shape index (κ3) is 2.63. The van der Waals surface area contributed by atoms with Crippen LogP contribution in [0.2, 0.25) is 0 Å². The van der Waals surface area contributed by atoms with Gasteiger partial charge in [-0.15, -0.1) is 11.6 Å². The summed E-state index contributed by atoms with van der Waals surface area (Å²) in [5.41, 5.74) is 3.52. The monoisotopic (exact) mass is 407 g/mol. The van der Waals surface area contributed by atoms with Gasteiger partial charge >= 0.3 is 0 Å². The largest absolute Gasteiger partial charge is 0.295 e. The van der Waals surface area contributed by atoms with Crippen molar-refractivity contribution in [1.82, 2.24) is 9.55 Å². The molecule has 5 heteroatoms. The van der Waals surface area contributed by atoms with E-state index >= 15 is 0 Å². The van der Waals surface area contributed by atoms with Crippen molar-refractivity contribution < 1.29 is 0 Å². The maximum Gasteiger partial charge on any atom is 0.115 e. The second-order valence-corrected chi connectivity index (χ2v) is 6.11. The molecular formula is C16H11ClIN3. The minimum Gasteiger partial charge on any atom is -0.295 e. The first-order valence-corrected chi connectivity index (χ1v) is 8.08. The predicted molar refractivity (Wildman–Crippen MR) is 92.9 cm³/mol. The first kappa shape index (κ1) is 14.4. The number of aromatic nitrogens is 2. The van der Waals surface area contributed by atoms with Gasteiger partial charge in [0.2, 0.25) is 0 Å². The van der Waals surface area contributed by atoms with Gasteiger partial charge in [0.1, 0.15) is 5.82 Å². The van der Waals surface area contributed by atoms with Gasteiger partial charge in [-0.3, -0.25) is 4.57 Å². The van der Waals surface area contributed by atoms with Crippen molar-refractivity contribution >= 4 is 45.2 Å². The van der Waals surface area contributed by atoms with Crippen molar-refractivity contribution in [3.63, 3.8) is 0 Å². The van der Waals surface area contributed by atoms with E-state index in [0.29, 0.717) is 17.9 Å². The lowest BCUT2D eigenvalue weighted by Crippen LogP contribution is -2.04. The molecule has 104 valence electrons. The Kier molecular flexibility index (Phi) is 4.13. The Morgan fingerprint density at radius 3 is 2.76 bits per heavy atom. The lowest BCUT2D eigenvalue weighted by Gasteiger charge is -2.10. The first-order chi connectivity index (χ1) is 10.2. The van der Waals surface area contributed by atoms with Crippen LogP contribution >= 0.6 is 34.2 Å². The number of halogens is 2. The molecule has 0 saturated heterocycles. The molecule has 0 unspecified atom stereocenters. The summed E-state index contributed by atoms with van der Waals surface area (Å²) in [4.78, 5) is 4.66. The van der Waals surface area contributed by atoms with E-state index in [1.807, 2.05) is 24.3 Å². The average Bonchev–Trinajstić information content (AvgIpc) is 2.85. The first-order valence-electron chi connectivity index (χ1n) is 6.47. The second kappa shape index (κ2) is 6.04. The van der Waals surface area contributed by atoms with Crippen LogP contribution in [0.25, 0.3) is 16.7 Å². The lowest BCUT2D eigenvalue weighted by molar-refractivity contribution is 0.909. The van der Waals surface area contributed by atoms with Crippen molar-refractivity contribution in [3.05, 3.63) is 57.4 Å². The molecule has 0 bridgehead atoms. The number of hydrogen-bond acceptors (Lipinski definition) is 2. The molecule has 0 aliphatic rings. The highest BCUT2D eigenvalue weighted by Crippen LogP contribution is 2.26. The van der Waals surface area contributed by atoms with Crippen LogP contribution in [0, 0.1) is 14.9 Å². The molecule has 0 aliphatic carbocycles. The van der Waals surface area contributed by atoms with E-state index < -0.39 is 0 Å². The number of rotatable bonds is 3. The average molecular weight is 408 g/mol. The third-order valence-electron chi connectivity index (χ3n) is 3.26. The van der Waals surface area contributed by atoms with Gasteiger partial charge in [0, 0.05) is 15.9 Å². The molecule has 3 nitrogen and oxygen atoms in total. The summed E-state index contributed by atoms with van der Waals surface area (Å²) in [7, 11) is 0. The number of fused-ring (bicyclic) bond motifs is 1. The van der Waals surface area contributed by atoms with E-state index in [1.165, 1.54) is 0 Å². The van der Waals surface area contributed by atoms with Crippen LogP contribution in [0.3, 0.4) is 0 Å². The van der Waals surface area contributed by atoms with Crippen LogP contribution < -0.4 is 0 Å². The highest BCUT2D eigenvalue weighted by Gasteiger charge is 2.14. The molecular weight excluding hydrogens is 397 g/mol. The zero-order valence-electron chi connectivity index (χ0n) is 11.1. The van der Waals surface area contributed by atoms with Gasteiger partial charge in [0.15, 0.2) is 0 Å². The maximum absolute atomic E-state index is 9.12. The molecule has 0 atom stereocenters. The highest BCUT2D eigenvalue weighted by molar-refractivity contribution is 14.1. The van der Waals surface area contributed by atoms with Gasteiger partial charge in [0.05, 0.1) is 28.4 Å². The van der Waals surface area contributed by atoms with E-state index in [1.54, 1.807) is 6.07 Å². The zero-order chi connectivity index (χ0) is 14.8. The van der Waals surface area contributed by atoms with Gasteiger partial charge < -0.3 is 0 Å². The topological polar surface area (TPSA) is 41.6 Å². The summed E-state index contributed by atoms with van der Waals surface area (Å²) < 4.78 is 3.23. The van der Waals surface area contributed by atoms with Crippen LogP contribution in [0.4, 0.5) is 0 Å². The Morgan fingerprint density at radius 2 is 2.05 bits per heavy atom. The Balaban J connectivity index is 2.35. The number of para-hydroxylation sites is 1. The van der Waals surface area contributed by atoms with E-state index in [2.05, 4.69) is 50.3 Å². The van der Waals surface area contributed by atoms with Gasteiger partial charge in [-0.05, 0) is 52.9 Å². The SMILES string of the molecule is N#Cc1ccc2nc(CCCl)n(-c3ccccc3I)c2c1. The van der Waals surface area contributed by atoms with Crippen LogP contribution in [-0.4, -0.2) is 15.4 Å². The lowest BCUT2D eigenvalue weighted by atomic mass is 10.2. The van der Waals surface area contributed by atoms with Crippen molar-refractivity contribution in [2.45, 2.75) is 6.42 Å². The molecule has 0 spiro atoms. The molecule has 1 aromatic heterocycles. The minimum absolute atomic E-state index is 0.512. The van der Waals surface area contributed by atoms with Crippen molar-refractivity contribution in [3.8, 4) is 11.8 Å². The van der Waals surface area contributed by atoms with Crippen molar-refractivity contribution in [2.24, 2.45) is 0 Å². The summed E-state index contributed by atoms with van der Waals surface area (Å²) in [6, 6.07) is 15.9. The normalized spacial score (nSPS) is 10.7. The van der Waals surface area contributed by atoms with Gasteiger partial charge in [-0.25, -0.2) is 4.98 Å². The zero-order valence-corrected chi connectivity index (χ0v) is 14.0. The standard InChI is InChI=1S/C16H11ClIN3/c17-8-7-16-20-13-6-5-11(10-19)9-15(13)21(16)14-4-2-1-3-12(14)18/h1-6,9H,7-8H2. The molecule has 0 fully saturated rings. The van der Waals surface area contributed by atoms with Crippen LogP contribution in [0.5, 0.6) is 0 Å². The maximum atomic E-state index is 9.12. The molecule has 2 aromatic carbocycles. The molecule has 3 aromatic rings. The Morgan fingerprint density at radius 1 is 1.24 bits per heavy atom. The smallest absolute Gasteiger partial charge is 0.115 e. The quantitative estimate of drug-likeness (QED) is 0.480. The molecule has 3 rings (SSSR count). The number of hydrogen-bond donors (Lipinski definition) is 0. The number of benzene rings is 2. The molecule has 0 saturated carbocycles. The second-order valence-electron chi connectivity index (χ2n) is 4.57. The summed E-state index contributed by atoms with van der Waals surface area (Å²) in [5.74, 6) is 1.43. The molecule has 0 N–H and O–H groups in total. The fraction of sp³-hybridized carbons (Fsp3) is 0.125. The molecule has 0 radical (unpaired) electrons. The molecule has 1 heterocycles. The minimum atomic E-state index is 0.512. The summed E-state index contributed by atoms with van der Waals surface area (Å²) >= 11 is 8.22. The Labute approximate surface area is 141 Å². The highest BCUT2D eigenvalue weighted by atomic mass is 127. The molecule has 0 amide bonds. The van der Waals surface area contributed by atoms with Crippen LogP contribution in [-0.2, 0) is 6.42 Å². The van der Waals surface area contributed by atoms with Gasteiger partial charge in [-0.1, -0.05) is 12.1 Å². The van der Waals surface area contributed by atoms with Crippen molar-refractivity contribution in [1.29, 1.82) is 5.26 Å². The predicted octanol–water partition coefficient (Wildman–Crippen LogP) is 4.28. The third-order valence-corrected chi connectivity index (χ3v) is 4.37. The molecule has 21 heavy (non-hydrogen) atoms. The van der Waals surface area contributed by atoms with Crippen LogP contribution in [0.1, 0.15) is 11.4 Å². The molecule has 0 aliphatic heterocycles. The van der Waals surface area contributed by atoms with Crippen molar-refractivity contribution in [2.75, 3.05) is 5.88 Å². The Hall–Kier alpha value is -1.58. The fourth-order valence-corrected chi connectivity index (χ4v) is 3.15. The Bertz CT molecular complexity index is 848. The van der Waals surface area contributed by atoms with E-state index in [4.69, 9.17) is 16.9 Å². The van der Waals surface area contributed by atoms with E-state index in [-0.39, 0.29) is 0 Å². The van der Waals surface area contributed by atoms with Gasteiger partial charge in [-0.2, -0.15) is 5.26 Å². The number of aryl methyl sites for hydroxylation is 1. The summed E-state index contributed by atoms with van der Waals surface area (Å²) in [6.45, 7) is 0. The van der Waals surface area contributed by atoms with E-state index in [0.717, 1.165) is 26.1 Å². The number of nitrogens with zero attached hydrogens (tertiary/aromatic N) is 3. The number of imidazole rings is 1. The summed E-state index contributed by atoms with van der Waals surface area (Å²) in [5, 5.41) is 9.12. The summed E-state index contributed by atoms with van der Waals surface area (Å²) in [6.07, 6.45) is 0.684. The van der Waals surface area contributed by atoms with E-state index in [9.17, 15) is 0 Å².